The number of nitrogens with one attached hydrogen (secondary N) is 1. The topological polar surface area (TPSA) is 53.1 Å². The standard InChI is InChI=1S/C15H25N3/c1-5-18(11-10-15(3,4)14(16)17)13-9-7-6-8-12(13)2/h6-9H,5,10-11H2,1-4H3,(H3,16,17). The van der Waals surface area contributed by atoms with E-state index in [1.54, 1.807) is 0 Å². The van der Waals surface area contributed by atoms with Crippen LogP contribution in [0.4, 0.5) is 5.69 Å². The van der Waals surface area contributed by atoms with Crippen molar-refractivity contribution < 1.29 is 0 Å². The highest BCUT2D eigenvalue weighted by atomic mass is 15.1. The molecule has 0 radical (unpaired) electrons. The summed E-state index contributed by atoms with van der Waals surface area (Å²) in [5.41, 5.74) is 7.97. The molecule has 0 unspecified atom stereocenters. The third-order valence-corrected chi connectivity index (χ3v) is 3.57. The zero-order valence-electron chi connectivity index (χ0n) is 12.0. The third-order valence-electron chi connectivity index (χ3n) is 3.57. The molecule has 0 saturated carbocycles. The van der Waals surface area contributed by atoms with E-state index in [0.717, 1.165) is 19.5 Å². The number of amidine groups is 1. The second-order valence-electron chi connectivity index (χ2n) is 5.41. The van der Waals surface area contributed by atoms with Crippen molar-refractivity contribution in [1.29, 1.82) is 5.41 Å². The number of anilines is 1. The number of nitrogens with zero attached hydrogens (tertiary/aromatic N) is 1. The average Bonchev–Trinajstić information content (AvgIpc) is 2.31. The lowest BCUT2D eigenvalue weighted by molar-refractivity contribution is 0.467. The van der Waals surface area contributed by atoms with Gasteiger partial charge in [0.25, 0.3) is 0 Å². The zero-order valence-corrected chi connectivity index (χ0v) is 12.0. The third kappa shape index (κ3) is 3.49. The summed E-state index contributed by atoms with van der Waals surface area (Å²) in [6.07, 6.45) is 0.893. The molecule has 0 fully saturated rings. The first-order chi connectivity index (χ1) is 8.38. The van der Waals surface area contributed by atoms with Gasteiger partial charge in [0.15, 0.2) is 0 Å². The van der Waals surface area contributed by atoms with E-state index in [2.05, 4.69) is 43.0 Å². The number of rotatable bonds is 6. The van der Waals surface area contributed by atoms with E-state index in [1.165, 1.54) is 11.3 Å². The predicted octanol–water partition coefficient (Wildman–Crippen LogP) is 3.17. The summed E-state index contributed by atoms with van der Waals surface area (Å²) < 4.78 is 0. The van der Waals surface area contributed by atoms with Gasteiger partial charge in [0.1, 0.15) is 0 Å². The van der Waals surface area contributed by atoms with Gasteiger partial charge in [-0.05, 0) is 31.9 Å². The second-order valence-corrected chi connectivity index (χ2v) is 5.41. The van der Waals surface area contributed by atoms with Gasteiger partial charge in [0.2, 0.25) is 0 Å². The molecule has 0 spiro atoms. The van der Waals surface area contributed by atoms with Crippen molar-refractivity contribution in [2.45, 2.75) is 34.1 Å². The maximum Gasteiger partial charge on any atom is 0.0963 e. The summed E-state index contributed by atoms with van der Waals surface area (Å²) in [5, 5.41) is 7.60. The van der Waals surface area contributed by atoms with E-state index in [4.69, 9.17) is 11.1 Å². The maximum absolute atomic E-state index is 7.60. The largest absolute Gasteiger partial charge is 0.387 e. The maximum atomic E-state index is 7.60. The molecule has 0 bridgehead atoms. The quantitative estimate of drug-likeness (QED) is 0.599. The first kappa shape index (κ1) is 14.6. The number of hydrogen-bond donors (Lipinski definition) is 2. The minimum Gasteiger partial charge on any atom is -0.387 e. The highest BCUT2D eigenvalue weighted by Crippen LogP contribution is 2.24. The lowest BCUT2D eigenvalue weighted by atomic mass is 9.88. The van der Waals surface area contributed by atoms with Crippen LogP contribution in [0.5, 0.6) is 0 Å². The van der Waals surface area contributed by atoms with E-state index in [-0.39, 0.29) is 11.3 Å². The molecule has 0 aliphatic heterocycles. The minimum absolute atomic E-state index is 0.226. The fourth-order valence-electron chi connectivity index (χ4n) is 1.92. The Balaban J connectivity index is 2.75. The second kappa shape index (κ2) is 5.89. The molecular formula is C15H25N3. The molecule has 0 aliphatic carbocycles. The number of aryl methyl sites for hydroxylation is 1. The Bertz CT molecular complexity index is 410. The van der Waals surface area contributed by atoms with Crippen molar-refractivity contribution in [3.63, 3.8) is 0 Å². The van der Waals surface area contributed by atoms with E-state index < -0.39 is 0 Å². The average molecular weight is 247 g/mol. The van der Waals surface area contributed by atoms with Crippen LogP contribution in [0.1, 0.15) is 32.8 Å². The number of benzene rings is 1. The van der Waals surface area contributed by atoms with Crippen LogP contribution in [0, 0.1) is 17.7 Å². The van der Waals surface area contributed by atoms with Crippen LogP contribution in [-0.2, 0) is 0 Å². The molecule has 100 valence electrons. The summed E-state index contributed by atoms with van der Waals surface area (Å²) in [6.45, 7) is 10.2. The lowest BCUT2D eigenvalue weighted by Gasteiger charge is -2.30. The molecule has 1 rings (SSSR count). The first-order valence-corrected chi connectivity index (χ1v) is 6.53. The van der Waals surface area contributed by atoms with Crippen molar-refractivity contribution in [2.24, 2.45) is 11.1 Å². The Morgan fingerprint density at radius 2 is 1.94 bits per heavy atom. The smallest absolute Gasteiger partial charge is 0.0963 e. The van der Waals surface area contributed by atoms with Crippen LogP contribution in [0.2, 0.25) is 0 Å². The van der Waals surface area contributed by atoms with Gasteiger partial charge < -0.3 is 10.6 Å². The molecule has 1 aromatic rings. The fraction of sp³-hybridized carbons (Fsp3) is 0.533. The van der Waals surface area contributed by atoms with Gasteiger partial charge in [0.05, 0.1) is 5.84 Å². The van der Waals surface area contributed by atoms with E-state index in [9.17, 15) is 0 Å². The first-order valence-electron chi connectivity index (χ1n) is 6.53. The molecule has 18 heavy (non-hydrogen) atoms. The lowest BCUT2D eigenvalue weighted by Crippen LogP contribution is -2.35. The molecule has 0 atom stereocenters. The summed E-state index contributed by atoms with van der Waals surface area (Å²) >= 11 is 0. The summed E-state index contributed by atoms with van der Waals surface area (Å²) in [5.74, 6) is 0.267. The van der Waals surface area contributed by atoms with Crippen molar-refractivity contribution in [3.8, 4) is 0 Å². The molecule has 0 aliphatic rings. The summed E-state index contributed by atoms with van der Waals surface area (Å²) in [6, 6.07) is 8.42. The van der Waals surface area contributed by atoms with E-state index in [1.807, 2.05) is 13.8 Å². The van der Waals surface area contributed by atoms with E-state index in [0.29, 0.717) is 0 Å². The number of hydrogen-bond acceptors (Lipinski definition) is 2. The van der Waals surface area contributed by atoms with Crippen LogP contribution in [0.15, 0.2) is 24.3 Å². The molecule has 0 saturated heterocycles. The Hall–Kier alpha value is -1.51. The monoisotopic (exact) mass is 247 g/mol. The molecular weight excluding hydrogens is 222 g/mol. The molecule has 3 nitrogen and oxygen atoms in total. The Kier molecular flexibility index (Phi) is 4.76. The SMILES string of the molecule is CCN(CCC(C)(C)C(=N)N)c1ccccc1C. The molecule has 0 aromatic heterocycles. The normalized spacial score (nSPS) is 11.3. The highest BCUT2D eigenvalue weighted by molar-refractivity contribution is 5.82. The number of para-hydroxylation sites is 1. The van der Waals surface area contributed by atoms with Crippen LogP contribution >= 0.6 is 0 Å². The van der Waals surface area contributed by atoms with Gasteiger partial charge in [-0.25, -0.2) is 0 Å². The molecule has 0 heterocycles. The number of nitrogens with two attached hydrogens (primary N) is 1. The van der Waals surface area contributed by atoms with Crippen LogP contribution < -0.4 is 10.6 Å². The molecule has 3 heteroatoms. The minimum atomic E-state index is -0.226. The summed E-state index contributed by atoms with van der Waals surface area (Å²) in [4.78, 5) is 2.35. The van der Waals surface area contributed by atoms with Gasteiger partial charge in [-0.1, -0.05) is 32.0 Å². The van der Waals surface area contributed by atoms with Crippen molar-refractivity contribution in [3.05, 3.63) is 29.8 Å². The molecule has 0 amide bonds. The van der Waals surface area contributed by atoms with Crippen LogP contribution in [-0.4, -0.2) is 18.9 Å². The van der Waals surface area contributed by atoms with Gasteiger partial charge in [0, 0.05) is 24.2 Å². The Labute approximate surface area is 111 Å². The van der Waals surface area contributed by atoms with Gasteiger partial charge >= 0.3 is 0 Å². The van der Waals surface area contributed by atoms with Gasteiger partial charge in [-0.3, -0.25) is 5.41 Å². The Morgan fingerprint density at radius 1 is 1.33 bits per heavy atom. The Morgan fingerprint density at radius 3 is 2.44 bits per heavy atom. The molecule has 3 N–H and O–H groups in total. The van der Waals surface area contributed by atoms with Crippen LogP contribution in [0.25, 0.3) is 0 Å². The van der Waals surface area contributed by atoms with E-state index >= 15 is 0 Å². The van der Waals surface area contributed by atoms with Gasteiger partial charge in [-0.2, -0.15) is 0 Å². The van der Waals surface area contributed by atoms with Crippen molar-refractivity contribution >= 4 is 11.5 Å². The zero-order chi connectivity index (χ0) is 13.8. The molecule has 1 aromatic carbocycles. The van der Waals surface area contributed by atoms with Crippen molar-refractivity contribution in [1.82, 2.24) is 0 Å². The van der Waals surface area contributed by atoms with Crippen LogP contribution in [0.3, 0.4) is 0 Å². The highest BCUT2D eigenvalue weighted by Gasteiger charge is 2.22. The predicted molar refractivity (Wildman–Crippen MR) is 79.4 cm³/mol. The summed E-state index contributed by atoms with van der Waals surface area (Å²) in [7, 11) is 0. The fourth-order valence-corrected chi connectivity index (χ4v) is 1.92. The van der Waals surface area contributed by atoms with Gasteiger partial charge in [-0.15, -0.1) is 0 Å². The van der Waals surface area contributed by atoms with Crippen molar-refractivity contribution in [2.75, 3.05) is 18.0 Å².